The summed E-state index contributed by atoms with van der Waals surface area (Å²) in [6, 6.07) is 7.12. The lowest BCUT2D eigenvalue weighted by Crippen LogP contribution is -2.06. The average Bonchev–Trinajstić information content (AvgIpc) is 2.72. The number of benzene rings is 1. The Kier molecular flexibility index (Phi) is 3.27. The summed E-state index contributed by atoms with van der Waals surface area (Å²) in [6.45, 7) is 0.397. The van der Waals surface area contributed by atoms with Crippen LogP contribution in [0.4, 0.5) is 15.8 Å². The summed E-state index contributed by atoms with van der Waals surface area (Å²) in [5.74, 6) is -0.505. The van der Waals surface area contributed by atoms with Gasteiger partial charge in [0.15, 0.2) is 0 Å². The first-order valence-electron chi connectivity index (χ1n) is 5.36. The monoisotopic (exact) mass is 249 g/mol. The van der Waals surface area contributed by atoms with E-state index in [0.717, 1.165) is 23.9 Å². The third kappa shape index (κ3) is 2.48. The number of aromatic nitrogens is 1. The van der Waals surface area contributed by atoms with E-state index in [9.17, 15) is 14.5 Å². The van der Waals surface area contributed by atoms with Gasteiger partial charge in [-0.05, 0) is 18.2 Å². The number of nitrogens with zero attached hydrogens (tertiary/aromatic N) is 2. The first-order chi connectivity index (χ1) is 8.58. The summed E-state index contributed by atoms with van der Waals surface area (Å²) in [7, 11) is 1.87. The van der Waals surface area contributed by atoms with Gasteiger partial charge in [-0.2, -0.15) is 0 Å². The summed E-state index contributed by atoms with van der Waals surface area (Å²) < 4.78 is 15.0. The molecule has 0 unspecified atom stereocenters. The maximum atomic E-state index is 13.1. The Hall–Kier alpha value is -2.37. The van der Waals surface area contributed by atoms with E-state index < -0.39 is 10.7 Å². The normalized spacial score (nSPS) is 10.3. The molecule has 94 valence electrons. The molecule has 1 N–H and O–H groups in total. The fourth-order valence-electron chi connectivity index (χ4n) is 1.67. The molecule has 1 aromatic heterocycles. The van der Waals surface area contributed by atoms with Crippen LogP contribution in [0.2, 0.25) is 0 Å². The lowest BCUT2D eigenvalue weighted by molar-refractivity contribution is -0.384. The Labute approximate surface area is 103 Å². The van der Waals surface area contributed by atoms with Gasteiger partial charge in [0.1, 0.15) is 11.5 Å². The van der Waals surface area contributed by atoms with E-state index in [1.54, 1.807) is 0 Å². The van der Waals surface area contributed by atoms with Crippen molar-refractivity contribution in [2.24, 2.45) is 7.05 Å². The summed E-state index contributed by atoms with van der Waals surface area (Å²) in [5, 5.41) is 13.7. The largest absolute Gasteiger partial charge is 0.374 e. The van der Waals surface area contributed by atoms with Gasteiger partial charge in [0.25, 0.3) is 5.69 Å². The van der Waals surface area contributed by atoms with E-state index in [0.29, 0.717) is 6.54 Å². The van der Waals surface area contributed by atoms with E-state index in [2.05, 4.69) is 5.32 Å². The van der Waals surface area contributed by atoms with Crippen LogP contribution in [0.15, 0.2) is 36.5 Å². The number of nitrogens with one attached hydrogen (secondary N) is 1. The molecular weight excluding hydrogens is 237 g/mol. The number of halogens is 1. The van der Waals surface area contributed by atoms with Crippen LogP contribution in [0.25, 0.3) is 0 Å². The van der Waals surface area contributed by atoms with E-state index in [-0.39, 0.29) is 11.4 Å². The molecule has 18 heavy (non-hydrogen) atoms. The van der Waals surface area contributed by atoms with Crippen molar-refractivity contribution in [1.82, 2.24) is 4.57 Å². The minimum Gasteiger partial charge on any atom is -0.374 e. The predicted octanol–water partition coefficient (Wildman–Crippen LogP) is 2.68. The van der Waals surface area contributed by atoms with E-state index >= 15 is 0 Å². The van der Waals surface area contributed by atoms with Crippen molar-refractivity contribution in [3.63, 3.8) is 0 Å². The average molecular weight is 249 g/mol. The second kappa shape index (κ2) is 4.87. The van der Waals surface area contributed by atoms with Gasteiger partial charge < -0.3 is 9.88 Å². The maximum absolute atomic E-state index is 13.1. The van der Waals surface area contributed by atoms with E-state index in [4.69, 9.17) is 0 Å². The molecule has 0 fully saturated rings. The third-order valence-electron chi connectivity index (χ3n) is 2.67. The van der Waals surface area contributed by atoms with Crippen molar-refractivity contribution in [1.29, 1.82) is 0 Å². The van der Waals surface area contributed by atoms with Crippen LogP contribution in [-0.2, 0) is 13.6 Å². The predicted molar refractivity (Wildman–Crippen MR) is 65.8 cm³/mol. The number of hydrogen-bond donors (Lipinski definition) is 1. The maximum Gasteiger partial charge on any atom is 0.292 e. The van der Waals surface area contributed by atoms with Crippen LogP contribution >= 0.6 is 0 Å². The number of rotatable bonds is 4. The highest BCUT2D eigenvalue weighted by Crippen LogP contribution is 2.25. The molecule has 0 aliphatic rings. The van der Waals surface area contributed by atoms with Gasteiger partial charge in [0.05, 0.1) is 11.5 Å². The van der Waals surface area contributed by atoms with Crippen LogP contribution in [0.3, 0.4) is 0 Å². The summed E-state index contributed by atoms with van der Waals surface area (Å²) in [5.41, 5.74) is 1.00. The first-order valence-corrected chi connectivity index (χ1v) is 5.36. The Morgan fingerprint density at radius 2 is 2.22 bits per heavy atom. The number of nitro benzene ring substituents is 1. The smallest absolute Gasteiger partial charge is 0.292 e. The molecule has 0 amide bonds. The van der Waals surface area contributed by atoms with Crippen molar-refractivity contribution in [2.45, 2.75) is 6.54 Å². The van der Waals surface area contributed by atoms with Gasteiger partial charge in [-0.25, -0.2) is 4.39 Å². The topological polar surface area (TPSA) is 60.1 Å². The van der Waals surface area contributed by atoms with Crippen molar-refractivity contribution in [3.8, 4) is 0 Å². The Morgan fingerprint density at radius 1 is 1.44 bits per heavy atom. The standard InChI is InChI=1S/C12H12FN3O2/c1-15-6-2-3-10(15)8-14-11-7-9(13)4-5-12(11)16(17)18/h2-7,14H,8H2,1H3. The summed E-state index contributed by atoms with van der Waals surface area (Å²) >= 11 is 0. The van der Waals surface area contributed by atoms with Crippen molar-refractivity contribution in [2.75, 3.05) is 5.32 Å². The highest BCUT2D eigenvalue weighted by atomic mass is 19.1. The SMILES string of the molecule is Cn1cccc1CNc1cc(F)ccc1[N+](=O)[O-]. The first kappa shape index (κ1) is 12.1. The highest BCUT2D eigenvalue weighted by Gasteiger charge is 2.14. The molecule has 0 saturated heterocycles. The summed E-state index contributed by atoms with van der Waals surface area (Å²) in [6.07, 6.45) is 1.87. The molecule has 2 aromatic rings. The molecule has 2 rings (SSSR count). The van der Waals surface area contributed by atoms with Crippen LogP contribution < -0.4 is 5.32 Å². The second-order valence-electron chi connectivity index (χ2n) is 3.88. The van der Waals surface area contributed by atoms with Gasteiger partial charge >= 0.3 is 0 Å². The molecule has 1 heterocycles. The molecule has 0 spiro atoms. The van der Waals surface area contributed by atoms with Gasteiger partial charge in [-0.15, -0.1) is 0 Å². The molecule has 0 aliphatic heterocycles. The fourth-order valence-corrected chi connectivity index (χ4v) is 1.67. The zero-order valence-electron chi connectivity index (χ0n) is 9.76. The Bertz CT molecular complexity index is 580. The zero-order chi connectivity index (χ0) is 13.1. The van der Waals surface area contributed by atoms with Crippen LogP contribution in [0.5, 0.6) is 0 Å². The van der Waals surface area contributed by atoms with Crippen LogP contribution in [0, 0.1) is 15.9 Å². The molecule has 5 nitrogen and oxygen atoms in total. The van der Waals surface area contributed by atoms with Crippen molar-refractivity contribution < 1.29 is 9.31 Å². The highest BCUT2D eigenvalue weighted by molar-refractivity contribution is 5.61. The molecular formula is C12H12FN3O2. The van der Waals surface area contributed by atoms with E-state index in [1.165, 1.54) is 0 Å². The molecule has 1 aromatic carbocycles. The van der Waals surface area contributed by atoms with Crippen molar-refractivity contribution >= 4 is 11.4 Å². The number of aryl methyl sites for hydroxylation is 1. The fraction of sp³-hybridized carbons (Fsp3) is 0.167. The number of nitro groups is 1. The number of hydrogen-bond acceptors (Lipinski definition) is 3. The Morgan fingerprint density at radius 3 is 2.83 bits per heavy atom. The van der Waals surface area contributed by atoms with E-state index in [1.807, 2.05) is 29.9 Å². The minimum absolute atomic E-state index is 0.134. The van der Waals surface area contributed by atoms with Gasteiger partial charge in [-0.1, -0.05) is 0 Å². The van der Waals surface area contributed by atoms with Gasteiger partial charge in [0, 0.05) is 31.1 Å². The quantitative estimate of drug-likeness (QED) is 0.669. The molecule has 0 bridgehead atoms. The molecule has 6 heteroatoms. The Balaban J connectivity index is 2.20. The summed E-state index contributed by atoms with van der Waals surface area (Å²) in [4.78, 5) is 10.3. The third-order valence-corrected chi connectivity index (χ3v) is 2.67. The second-order valence-corrected chi connectivity index (χ2v) is 3.88. The molecule has 0 saturated carbocycles. The molecule has 0 aliphatic carbocycles. The minimum atomic E-state index is -0.535. The van der Waals surface area contributed by atoms with Crippen LogP contribution in [0.1, 0.15) is 5.69 Å². The zero-order valence-corrected chi connectivity index (χ0v) is 9.76. The van der Waals surface area contributed by atoms with Crippen molar-refractivity contribution in [3.05, 3.63) is 58.2 Å². The lowest BCUT2D eigenvalue weighted by atomic mass is 10.2. The van der Waals surface area contributed by atoms with Crippen LogP contribution in [-0.4, -0.2) is 9.49 Å². The van der Waals surface area contributed by atoms with Gasteiger partial charge in [-0.3, -0.25) is 10.1 Å². The lowest BCUT2D eigenvalue weighted by Gasteiger charge is -2.08. The van der Waals surface area contributed by atoms with Gasteiger partial charge in [0.2, 0.25) is 0 Å². The molecule has 0 radical (unpaired) electrons. The molecule has 0 atom stereocenters. The number of anilines is 1.